The molecule has 1 N–H and O–H groups in total. The van der Waals surface area contributed by atoms with Crippen LogP contribution in [-0.2, 0) is 6.54 Å². The Kier molecular flexibility index (Phi) is 3.44. The zero-order valence-electron chi connectivity index (χ0n) is 13.5. The number of aryl methyl sites for hydroxylation is 1. The van der Waals surface area contributed by atoms with Crippen molar-refractivity contribution >= 4 is 5.95 Å². The Morgan fingerprint density at radius 3 is 2.32 bits per heavy atom. The standard InChI is InChI=1S/C16H29N3/c1-11(2)8-17-14-18-12(3)9-19(14)10-13-15(4,5)16(13,6)7/h9,11,13H,8,10H2,1-7H3,(H,17,18). The first-order valence-electron chi connectivity index (χ1n) is 7.44. The summed E-state index contributed by atoms with van der Waals surface area (Å²) in [5.41, 5.74) is 1.96. The van der Waals surface area contributed by atoms with Crippen molar-refractivity contribution in [3.8, 4) is 0 Å². The topological polar surface area (TPSA) is 29.9 Å². The Labute approximate surface area is 117 Å². The highest BCUT2D eigenvalue weighted by molar-refractivity contribution is 5.29. The largest absolute Gasteiger partial charge is 0.355 e. The summed E-state index contributed by atoms with van der Waals surface area (Å²) in [4.78, 5) is 4.61. The van der Waals surface area contributed by atoms with E-state index in [-0.39, 0.29) is 0 Å². The van der Waals surface area contributed by atoms with E-state index >= 15 is 0 Å². The van der Waals surface area contributed by atoms with Gasteiger partial charge in [-0.2, -0.15) is 0 Å². The minimum Gasteiger partial charge on any atom is -0.355 e. The molecule has 108 valence electrons. The number of nitrogens with zero attached hydrogens (tertiary/aromatic N) is 2. The van der Waals surface area contributed by atoms with Gasteiger partial charge in [-0.25, -0.2) is 4.98 Å². The molecule has 0 amide bonds. The molecule has 1 aliphatic rings. The maximum absolute atomic E-state index is 4.61. The van der Waals surface area contributed by atoms with E-state index in [4.69, 9.17) is 0 Å². The number of hydrogen-bond acceptors (Lipinski definition) is 2. The maximum atomic E-state index is 4.61. The minimum absolute atomic E-state index is 0.431. The van der Waals surface area contributed by atoms with Crippen molar-refractivity contribution in [2.24, 2.45) is 22.7 Å². The van der Waals surface area contributed by atoms with Crippen LogP contribution in [0.2, 0.25) is 0 Å². The lowest BCUT2D eigenvalue weighted by Crippen LogP contribution is -2.14. The minimum atomic E-state index is 0.431. The van der Waals surface area contributed by atoms with Gasteiger partial charge in [-0.1, -0.05) is 41.5 Å². The van der Waals surface area contributed by atoms with Crippen molar-refractivity contribution in [2.75, 3.05) is 11.9 Å². The van der Waals surface area contributed by atoms with Crippen LogP contribution in [0.4, 0.5) is 5.95 Å². The number of hydrogen-bond donors (Lipinski definition) is 1. The monoisotopic (exact) mass is 263 g/mol. The fraction of sp³-hybridized carbons (Fsp3) is 0.812. The lowest BCUT2D eigenvalue weighted by atomic mass is 10.0. The van der Waals surface area contributed by atoms with Crippen LogP contribution in [0.25, 0.3) is 0 Å². The van der Waals surface area contributed by atoms with Gasteiger partial charge in [0.1, 0.15) is 0 Å². The summed E-state index contributed by atoms with van der Waals surface area (Å²) < 4.78 is 2.30. The molecule has 3 nitrogen and oxygen atoms in total. The van der Waals surface area contributed by atoms with Crippen LogP contribution in [0.15, 0.2) is 6.20 Å². The number of nitrogens with one attached hydrogen (secondary N) is 1. The first-order chi connectivity index (χ1) is 8.66. The van der Waals surface area contributed by atoms with Gasteiger partial charge in [-0.15, -0.1) is 0 Å². The molecule has 19 heavy (non-hydrogen) atoms. The molecule has 1 aliphatic carbocycles. The highest BCUT2D eigenvalue weighted by Gasteiger charge is 2.64. The van der Waals surface area contributed by atoms with Crippen LogP contribution < -0.4 is 5.32 Å². The van der Waals surface area contributed by atoms with E-state index in [1.165, 1.54) is 0 Å². The molecule has 0 spiro atoms. The smallest absolute Gasteiger partial charge is 0.203 e. The molecule has 0 radical (unpaired) electrons. The number of anilines is 1. The molecule has 1 heterocycles. The number of imidazole rings is 1. The van der Waals surface area contributed by atoms with Gasteiger partial charge in [-0.3, -0.25) is 0 Å². The first kappa shape index (κ1) is 14.4. The summed E-state index contributed by atoms with van der Waals surface area (Å²) in [6.45, 7) is 18.1. The van der Waals surface area contributed by atoms with Gasteiger partial charge in [0, 0.05) is 19.3 Å². The third kappa shape index (κ3) is 2.52. The van der Waals surface area contributed by atoms with Crippen LogP contribution in [0.3, 0.4) is 0 Å². The van der Waals surface area contributed by atoms with Crippen molar-refractivity contribution in [3.05, 3.63) is 11.9 Å². The van der Waals surface area contributed by atoms with E-state index in [2.05, 4.69) is 69.5 Å². The van der Waals surface area contributed by atoms with Gasteiger partial charge in [0.05, 0.1) is 5.69 Å². The fourth-order valence-electron chi connectivity index (χ4n) is 3.11. The van der Waals surface area contributed by atoms with E-state index in [9.17, 15) is 0 Å². The zero-order chi connectivity index (χ0) is 14.4. The quantitative estimate of drug-likeness (QED) is 0.872. The van der Waals surface area contributed by atoms with Gasteiger partial charge >= 0.3 is 0 Å². The van der Waals surface area contributed by atoms with Crippen LogP contribution in [0, 0.1) is 29.6 Å². The van der Waals surface area contributed by atoms with E-state index in [1.54, 1.807) is 0 Å². The molecular weight excluding hydrogens is 234 g/mol. The van der Waals surface area contributed by atoms with Crippen molar-refractivity contribution in [1.29, 1.82) is 0 Å². The maximum Gasteiger partial charge on any atom is 0.203 e. The average molecular weight is 263 g/mol. The summed E-state index contributed by atoms with van der Waals surface area (Å²) >= 11 is 0. The Balaban J connectivity index is 2.09. The third-order valence-corrected chi connectivity index (χ3v) is 5.26. The molecule has 2 rings (SSSR count). The van der Waals surface area contributed by atoms with Gasteiger partial charge in [0.2, 0.25) is 5.95 Å². The summed E-state index contributed by atoms with van der Waals surface area (Å²) in [6, 6.07) is 0. The predicted molar refractivity (Wildman–Crippen MR) is 81.3 cm³/mol. The molecule has 1 saturated carbocycles. The lowest BCUT2D eigenvalue weighted by molar-refractivity contribution is 0.457. The van der Waals surface area contributed by atoms with Crippen LogP contribution in [0.1, 0.15) is 47.2 Å². The third-order valence-electron chi connectivity index (χ3n) is 5.26. The normalized spacial score (nSPS) is 20.8. The summed E-state index contributed by atoms with van der Waals surface area (Å²) in [5.74, 6) is 2.40. The van der Waals surface area contributed by atoms with Gasteiger partial charge in [0.25, 0.3) is 0 Å². The second-order valence-electron chi connectivity index (χ2n) is 7.63. The highest BCUT2D eigenvalue weighted by Crippen LogP contribution is 2.68. The fourth-order valence-corrected chi connectivity index (χ4v) is 3.11. The Morgan fingerprint density at radius 1 is 1.26 bits per heavy atom. The van der Waals surface area contributed by atoms with Gasteiger partial charge in [-0.05, 0) is 29.6 Å². The van der Waals surface area contributed by atoms with Crippen molar-refractivity contribution in [1.82, 2.24) is 9.55 Å². The molecule has 1 fully saturated rings. The van der Waals surface area contributed by atoms with Gasteiger partial charge in [0.15, 0.2) is 0 Å². The lowest BCUT2D eigenvalue weighted by Gasteiger charge is -2.12. The van der Waals surface area contributed by atoms with E-state index in [0.717, 1.165) is 30.6 Å². The van der Waals surface area contributed by atoms with E-state index < -0.39 is 0 Å². The highest BCUT2D eigenvalue weighted by atomic mass is 15.2. The SMILES string of the molecule is Cc1cn(CC2C(C)(C)C2(C)C)c(NCC(C)C)n1. The molecule has 0 atom stereocenters. The first-order valence-corrected chi connectivity index (χ1v) is 7.44. The van der Waals surface area contributed by atoms with E-state index in [1.807, 2.05) is 0 Å². The molecule has 0 unspecified atom stereocenters. The Bertz CT molecular complexity index is 441. The molecular formula is C16H29N3. The van der Waals surface area contributed by atoms with Gasteiger partial charge < -0.3 is 9.88 Å². The summed E-state index contributed by atoms with van der Waals surface area (Å²) in [6.07, 6.45) is 2.17. The van der Waals surface area contributed by atoms with Crippen molar-refractivity contribution in [2.45, 2.75) is 55.0 Å². The van der Waals surface area contributed by atoms with Crippen molar-refractivity contribution < 1.29 is 0 Å². The number of aromatic nitrogens is 2. The second kappa shape index (κ2) is 4.53. The summed E-state index contributed by atoms with van der Waals surface area (Å²) in [5, 5.41) is 3.47. The molecule has 0 aliphatic heterocycles. The summed E-state index contributed by atoms with van der Waals surface area (Å²) in [7, 11) is 0. The van der Waals surface area contributed by atoms with Crippen LogP contribution in [0.5, 0.6) is 0 Å². The zero-order valence-corrected chi connectivity index (χ0v) is 13.5. The predicted octanol–water partition coefficient (Wildman–Crippen LogP) is 3.94. The van der Waals surface area contributed by atoms with E-state index in [0.29, 0.717) is 16.7 Å². The van der Waals surface area contributed by atoms with Crippen LogP contribution in [-0.4, -0.2) is 16.1 Å². The van der Waals surface area contributed by atoms with Crippen molar-refractivity contribution in [3.63, 3.8) is 0 Å². The van der Waals surface area contributed by atoms with Crippen LogP contribution >= 0.6 is 0 Å². The second-order valence-corrected chi connectivity index (χ2v) is 7.63. The molecule has 1 aromatic rings. The molecule has 0 aromatic carbocycles. The molecule has 0 bridgehead atoms. The Hall–Kier alpha value is -0.990. The molecule has 1 aromatic heterocycles. The average Bonchev–Trinajstić information content (AvgIpc) is 2.60. The number of rotatable bonds is 5. The Morgan fingerprint density at radius 2 is 1.84 bits per heavy atom. The molecule has 0 saturated heterocycles. The molecule has 3 heteroatoms.